The molecule has 2 aromatic rings. The average Bonchev–Trinajstić information content (AvgIpc) is 2.84. The largest absolute Gasteiger partial charge is 0.496 e. The minimum absolute atomic E-state index is 0.291. The Morgan fingerprint density at radius 3 is 2.74 bits per heavy atom. The third-order valence-corrected chi connectivity index (χ3v) is 4.74. The first-order valence-corrected chi connectivity index (χ1v) is 7.92. The van der Waals surface area contributed by atoms with Crippen molar-refractivity contribution in [1.29, 1.82) is 0 Å². The smallest absolute Gasteiger partial charge is 0.123 e. The van der Waals surface area contributed by atoms with Crippen molar-refractivity contribution < 1.29 is 4.74 Å². The molecule has 1 atom stereocenters. The number of nitrogens with one attached hydrogen (secondary N) is 1. The highest BCUT2D eigenvalue weighted by molar-refractivity contribution is 9.11. The van der Waals surface area contributed by atoms with E-state index in [1.807, 2.05) is 18.2 Å². The predicted molar refractivity (Wildman–Crippen MR) is 85.1 cm³/mol. The van der Waals surface area contributed by atoms with Gasteiger partial charge in [0.05, 0.1) is 10.9 Å². The summed E-state index contributed by atoms with van der Waals surface area (Å²) in [6.45, 7) is 3.13. The van der Waals surface area contributed by atoms with Gasteiger partial charge in [-0.25, -0.2) is 0 Å². The number of hydrogen-bond donors (Lipinski definition) is 1. The number of rotatable bonds is 6. The van der Waals surface area contributed by atoms with Gasteiger partial charge in [0.2, 0.25) is 0 Å². The van der Waals surface area contributed by atoms with E-state index in [0.717, 1.165) is 18.7 Å². The Labute approximate surface area is 126 Å². The lowest BCUT2D eigenvalue weighted by molar-refractivity contribution is 0.402. The standard InChI is InChI=1S/C15H18BrNOS/c1-11(13-5-3-4-6-14(13)18-2)17-10-9-12-7-8-15(16)19-12/h3-8,11,17H,9-10H2,1-2H3. The van der Waals surface area contributed by atoms with Crippen LogP contribution < -0.4 is 10.1 Å². The first kappa shape index (κ1) is 14.6. The molecule has 1 unspecified atom stereocenters. The zero-order valence-corrected chi connectivity index (χ0v) is 13.6. The van der Waals surface area contributed by atoms with E-state index in [2.05, 4.69) is 46.4 Å². The molecule has 0 saturated carbocycles. The second-order valence-electron chi connectivity index (χ2n) is 4.37. The molecule has 0 aliphatic carbocycles. The van der Waals surface area contributed by atoms with E-state index >= 15 is 0 Å². The normalized spacial score (nSPS) is 12.4. The van der Waals surface area contributed by atoms with Crippen LogP contribution in [0.4, 0.5) is 0 Å². The lowest BCUT2D eigenvalue weighted by Crippen LogP contribution is -2.21. The maximum Gasteiger partial charge on any atom is 0.123 e. The molecular formula is C15H18BrNOS. The van der Waals surface area contributed by atoms with Gasteiger partial charge in [-0.05, 0) is 47.5 Å². The number of benzene rings is 1. The molecule has 0 spiro atoms. The lowest BCUT2D eigenvalue weighted by Gasteiger charge is -2.16. The summed E-state index contributed by atoms with van der Waals surface area (Å²) in [6.07, 6.45) is 1.05. The number of thiophene rings is 1. The zero-order chi connectivity index (χ0) is 13.7. The molecule has 19 heavy (non-hydrogen) atoms. The summed E-state index contributed by atoms with van der Waals surface area (Å²) < 4.78 is 6.58. The highest BCUT2D eigenvalue weighted by atomic mass is 79.9. The Balaban J connectivity index is 1.88. The maximum atomic E-state index is 5.39. The van der Waals surface area contributed by atoms with Crippen LogP contribution in [0.1, 0.15) is 23.4 Å². The van der Waals surface area contributed by atoms with Gasteiger partial charge in [0.25, 0.3) is 0 Å². The van der Waals surface area contributed by atoms with E-state index < -0.39 is 0 Å². The molecule has 1 aromatic heterocycles. The Bertz CT molecular complexity index is 526. The molecule has 1 heterocycles. The van der Waals surface area contributed by atoms with Gasteiger partial charge in [-0.3, -0.25) is 0 Å². The second kappa shape index (κ2) is 7.08. The Kier molecular flexibility index (Phi) is 5.43. The van der Waals surface area contributed by atoms with Crippen molar-refractivity contribution in [3.8, 4) is 5.75 Å². The van der Waals surface area contributed by atoms with Crippen LogP contribution >= 0.6 is 27.3 Å². The third kappa shape index (κ3) is 4.06. The monoisotopic (exact) mass is 339 g/mol. The Morgan fingerprint density at radius 2 is 2.05 bits per heavy atom. The molecule has 1 N–H and O–H groups in total. The molecule has 0 radical (unpaired) electrons. The summed E-state index contributed by atoms with van der Waals surface area (Å²) in [5, 5.41) is 3.54. The molecule has 0 amide bonds. The van der Waals surface area contributed by atoms with E-state index in [-0.39, 0.29) is 0 Å². The van der Waals surface area contributed by atoms with Crippen molar-refractivity contribution in [2.75, 3.05) is 13.7 Å². The van der Waals surface area contributed by atoms with Crippen molar-refractivity contribution in [1.82, 2.24) is 5.32 Å². The molecule has 0 bridgehead atoms. The number of hydrogen-bond acceptors (Lipinski definition) is 3. The summed E-state index contributed by atoms with van der Waals surface area (Å²) in [7, 11) is 1.72. The van der Waals surface area contributed by atoms with E-state index in [1.165, 1.54) is 14.2 Å². The summed E-state index contributed by atoms with van der Waals surface area (Å²) in [6, 6.07) is 12.7. The number of para-hydroxylation sites is 1. The van der Waals surface area contributed by atoms with Gasteiger partial charge >= 0.3 is 0 Å². The van der Waals surface area contributed by atoms with Crippen LogP contribution in [-0.4, -0.2) is 13.7 Å². The summed E-state index contributed by atoms with van der Waals surface area (Å²) in [5.41, 5.74) is 1.21. The summed E-state index contributed by atoms with van der Waals surface area (Å²) >= 11 is 5.28. The van der Waals surface area contributed by atoms with Gasteiger partial charge in [-0.15, -0.1) is 11.3 Å². The first-order valence-electron chi connectivity index (χ1n) is 6.31. The fraction of sp³-hybridized carbons (Fsp3) is 0.333. The predicted octanol–water partition coefficient (Wildman–Crippen LogP) is 4.41. The van der Waals surface area contributed by atoms with Gasteiger partial charge in [-0.2, -0.15) is 0 Å². The van der Waals surface area contributed by atoms with Crippen molar-refractivity contribution in [2.45, 2.75) is 19.4 Å². The molecular weight excluding hydrogens is 322 g/mol. The molecule has 102 valence electrons. The Hall–Kier alpha value is -0.840. The van der Waals surface area contributed by atoms with Crippen molar-refractivity contribution in [2.24, 2.45) is 0 Å². The third-order valence-electron chi connectivity index (χ3n) is 3.06. The molecule has 2 nitrogen and oxygen atoms in total. The minimum Gasteiger partial charge on any atom is -0.496 e. The van der Waals surface area contributed by atoms with E-state index in [4.69, 9.17) is 4.74 Å². The van der Waals surface area contributed by atoms with Gasteiger partial charge in [0, 0.05) is 23.0 Å². The van der Waals surface area contributed by atoms with Crippen molar-refractivity contribution >= 4 is 27.3 Å². The van der Waals surface area contributed by atoms with Crippen LogP contribution in [0, 0.1) is 0 Å². The second-order valence-corrected chi connectivity index (χ2v) is 6.92. The number of methoxy groups -OCH3 is 1. The fourth-order valence-corrected chi connectivity index (χ4v) is 3.51. The van der Waals surface area contributed by atoms with Crippen LogP contribution in [0.3, 0.4) is 0 Å². The van der Waals surface area contributed by atoms with Crippen LogP contribution in [0.25, 0.3) is 0 Å². The summed E-state index contributed by atoms with van der Waals surface area (Å²) in [4.78, 5) is 1.40. The van der Waals surface area contributed by atoms with Crippen molar-refractivity contribution in [3.05, 3.63) is 50.6 Å². The van der Waals surface area contributed by atoms with E-state index in [9.17, 15) is 0 Å². The van der Waals surface area contributed by atoms with Crippen LogP contribution in [0.5, 0.6) is 5.75 Å². The number of halogens is 1. The highest BCUT2D eigenvalue weighted by Crippen LogP contribution is 2.25. The zero-order valence-electron chi connectivity index (χ0n) is 11.2. The summed E-state index contributed by atoms with van der Waals surface area (Å²) in [5.74, 6) is 0.946. The van der Waals surface area contributed by atoms with Crippen molar-refractivity contribution in [3.63, 3.8) is 0 Å². The molecule has 4 heteroatoms. The topological polar surface area (TPSA) is 21.3 Å². The SMILES string of the molecule is COc1ccccc1C(C)NCCc1ccc(Br)s1. The highest BCUT2D eigenvalue weighted by Gasteiger charge is 2.09. The maximum absolute atomic E-state index is 5.39. The van der Waals surface area contributed by atoms with Gasteiger partial charge < -0.3 is 10.1 Å². The van der Waals surface area contributed by atoms with Crippen LogP contribution in [0.15, 0.2) is 40.2 Å². The van der Waals surface area contributed by atoms with Crippen LogP contribution in [-0.2, 0) is 6.42 Å². The molecule has 0 fully saturated rings. The lowest BCUT2D eigenvalue weighted by atomic mass is 10.1. The molecule has 2 rings (SSSR count). The van der Waals surface area contributed by atoms with Gasteiger partial charge in [0.1, 0.15) is 5.75 Å². The van der Waals surface area contributed by atoms with E-state index in [0.29, 0.717) is 6.04 Å². The molecule has 1 aromatic carbocycles. The molecule has 0 aliphatic rings. The van der Waals surface area contributed by atoms with Gasteiger partial charge in [-0.1, -0.05) is 18.2 Å². The fourth-order valence-electron chi connectivity index (χ4n) is 2.03. The average molecular weight is 340 g/mol. The molecule has 0 saturated heterocycles. The molecule has 0 aliphatic heterocycles. The van der Waals surface area contributed by atoms with Crippen LogP contribution in [0.2, 0.25) is 0 Å². The van der Waals surface area contributed by atoms with E-state index in [1.54, 1.807) is 18.4 Å². The first-order chi connectivity index (χ1) is 9.20. The minimum atomic E-state index is 0.291. The van der Waals surface area contributed by atoms with Gasteiger partial charge in [0.15, 0.2) is 0 Å². The number of ether oxygens (including phenoxy) is 1. The quantitative estimate of drug-likeness (QED) is 0.841. The Morgan fingerprint density at radius 1 is 1.26 bits per heavy atom.